The van der Waals surface area contributed by atoms with Gasteiger partial charge in [-0.3, -0.25) is 9.89 Å². The van der Waals surface area contributed by atoms with Crippen LogP contribution in [0.5, 0.6) is 0 Å². The molecule has 0 aromatic heterocycles. The van der Waals surface area contributed by atoms with Crippen LogP contribution < -0.4 is 11.1 Å². The van der Waals surface area contributed by atoms with Gasteiger partial charge < -0.3 is 11.1 Å². The molecule has 0 unspecified atom stereocenters. The van der Waals surface area contributed by atoms with E-state index in [9.17, 15) is 0 Å². The van der Waals surface area contributed by atoms with Crippen molar-refractivity contribution in [2.45, 2.75) is 44.6 Å². The summed E-state index contributed by atoms with van der Waals surface area (Å²) in [6.07, 6.45) is 6.54. The lowest BCUT2D eigenvalue weighted by Gasteiger charge is -2.47. The Kier molecular flexibility index (Phi) is 8.35. The fraction of sp³-hybridized carbons (Fsp3) is 0.632. The maximum atomic E-state index is 6.17. The lowest BCUT2D eigenvalue weighted by molar-refractivity contribution is 0.0673. The molecule has 25 heavy (non-hydrogen) atoms. The number of benzene rings is 1. The highest BCUT2D eigenvalue weighted by Crippen LogP contribution is 2.35. The number of hydrogen-bond donors (Lipinski definition) is 2. The zero-order chi connectivity index (χ0) is 16.8. The molecule has 3 rings (SSSR count). The Balaban J connectivity index is 0.00000225. The normalized spacial score (nSPS) is 21.4. The third-order valence-electron chi connectivity index (χ3n) is 5.33. The van der Waals surface area contributed by atoms with Gasteiger partial charge in [-0.25, -0.2) is 0 Å². The van der Waals surface area contributed by atoms with Crippen LogP contribution in [0, 0.1) is 6.92 Å². The summed E-state index contributed by atoms with van der Waals surface area (Å²) < 4.78 is 0. The van der Waals surface area contributed by atoms with Crippen molar-refractivity contribution in [1.82, 2.24) is 4.90 Å². The van der Waals surface area contributed by atoms with Gasteiger partial charge in [-0.1, -0.05) is 37.0 Å². The van der Waals surface area contributed by atoms with Gasteiger partial charge in [0.15, 0.2) is 5.96 Å². The van der Waals surface area contributed by atoms with Gasteiger partial charge in [0.1, 0.15) is 0 Å². The largest absolute Gasteiger partial charge is 0.370 e. The second-order valence-corrected chi connectivity index (χ2v) is 8.30. The molecule has 1 aromatic rings. The highest BCUT2D eigenvalue weighted by Gasteiger charge is 2.38. The van der Waals surface area contributed by atoms with Crippen molar-refractivity contribution < 1.29 is 0 Å². The second-order valence-electron chi connectivity index (χ2n) is 7.08. The summed E-state index contributed by atoms with van der Waals surface area (Å²) in [7, 11) is 0. The molecule has 0 bridgehead atoms. The number of nitrogens with one attached hydrogen (secondary N) is 1. The van der Waals surface area contributed by atoms with Crippen molar-refractivity contribution in [2.24, 2.45) is 10.7 Å². The maximum absolute atomic E-state index is 6.17. The molecule has 4 nitrogen and oxygen atoms in total. The van der Waals surface area contributed by atoms with E-state index in [0.29, 0.717) is 5.96 Å². The third-order valence-corrected chi connectivity index (χ3v) is 6.28. The molecule has 0 atom stereocenters. The Morgan fingerprint density at radius 3 is 2.44 bits per heavy atom. The predicted molar refractivity (Wildman–Crippen MR) is 121 cm³/mol. The van der Waals surface area contributed by atoms with Gasteiger partial charge in [0.2, 0.25) is 0 Å². The van der Waals surface area contributed by atoms with E-state index < -0.39 is 0 Å². The summed E-state index contributed by atoms with van der Waals surface area (Å²) in [6, 6.07) is 8.28. The van der Waals surface area contributed by atoms with Crippen molar-refractivity contribution >= 4 is 47.4 Å². The third kappa shape index (κ3) is 5.76. The molecule has 1 aliphatic carbocycles. The van der Waals surface area contributed by atoms with Crippen LogP contribution >= 0.6 is 35.7 Å². The zero-order valence-electron chi connectivity index (χ0n) is 15.2. The van der Waals surface area contributed by atoms with E-state index in [1.165, 1.54) is 62.3 Å². The number of guanidine groups is 1. The van der Waals surface area contributed by atoms with Crippen molar-refractivity contribution in [3.8, 4) is 0 Å². The predicted octanol–water partition coefficient (Wildman–Crippen LogP) is 4.09. The molecular formula is C19H31IN4S. The van der Waals surface area contributed by atoms with Gasteiger partial charge in [-0.05, 0) is 31.9 Å². The van der Waals surface area contributed by atoms with Gasteiger partial charge >= 0.3 is 0 Å². The molecule has 6 heteroatoms. The van der Waals surface area contributed by atoms with E-state index in [1.807, 2.05) is 0 Å². The number of nitrogens with zero attached hydrogens (tertiary/aromatic N) is 2. The summed E-state index contributed by atoms with van der Waals surface area (Å²) in [6.45, 7) is 5.31. The standard InChI is InChI=1S/C19H30N4S.HI/c1-16-5-7-17(8-6-16)22-18(20)21-15-19(9-3-2-4-10-19)23-11-13-24-14-12-23;/h5-8H,2-4,9-15H2,1H3,(H3,20,21,22);1H. The second kappa shape index (κ2) is 10.0. The fourth-order valence-electron chi connectivity index (χ4n) is 3.88. The van der Waals surface area contributed by atoms with Gasteiger partial charge in [-0.2, -0.15) is 11.8 Å². The summed E-state index contributed by atoms with van der Waals surface area (Å²) in [5.41, 5.74) is 8.66. The minimum atomic E-state index is 0. The molecule has 1 aliphatic heterocycles. The number of aryl methyl sites for hydroxylation is 1. The van der Waals surface area contributed by atoms with Crippen LogP contribution in [0.2, 0.25) is 0 Å². The van der Waals surface area contributed by atoms with Crippen LogP contribution in [0.3, 0.4) is 0 Å². The highest BCUT2D eigenvalue weighted by molar-refractivity contribution is 14.0. The Morgan fingerprint density at radius 2 is 1.80 bits per heavy atom. The number of halogens is 1. The average molecular weight is 474 g/mol. The van der Waals surface area contributed by atoms with Crippen molar-refractivity contribution in [1.29, 1.82) is 0 Å². The first-order valence-electron chi connectivity index (χ1n) is 9.14. The summed E-state index contributed by atoms with van der Waals surface area (Å²) in [4.78, 5) is 7.45. The molecular weight excluding hydrogens is 443 g/mol. The number of thioether (sulfide) groups is 1. The van der Waals surface area contributed by atoms with Gasteiger partial charge in [0.25, 0.3) is 0 Å². The molecule has 1 saturated carbocycles. The number of aliphatic imine (C=N–C) groups is 1. The van der Waals surface area contributed by atoms with Crippen LogP contribution in [0.15, 0.2) is 29.3 Å². The van der Waals surface area contributed by atoms with E-state index in [4.69, 9.17) is 10.7 Å². The first-order valence-corrected chi connectivity index (χ1v) is 10.3. The molecule has 1 saturated heterocycles. The molecule has 2 fully saturated rings. The number of anilines is 1. The topological polar surface area (TPSA) is 53.6 Å². The van der Waals surface area contributed by atoms with Crippen molar-refractivity contribution in [2.75, 3.05) is 36.5 Å². The molecule has 3 N–H and O–H groups in total. The first-order chi connectivity index (χ1) is 11.7. The quantitative estimate of drug-likeness (QED) is 0.392. The van der Waals surface area contributed by atoms with E-state index in [2.05, 4.69) is 53.2 Å². The fourth-order valence-corrected chi connectivity index (χ4v) is 4.78. The zero-order valence-corrected chi connectivity index (χ0v) is 18.3. The SMILES string of the molecule is Cc1ccc(NC(N)=NCC2(N3CCSCC3)CCCCC2)cc1.I. The molecule has 140 valence electrons. The van der Waals surface area contributed by atoms with Crippen molar-refractivity contribution in [3.05, 3.63) is 29.8 Å². The molecule has 0 amide bonds. The van der Waals surface area contributed by atoms with Crippen LogP contribution in [-0.2, 0) is 0 Å². The van der Waals surface area contributed by atoms with Gasteiger partial charge in [0, 0.05) is 35.8 Å². The molecule has 0 radical (unpaired) electrons. The Hall–Kier alpha value is -0.470. The minimum Gasteiger partial charge on any atom is -0.370 e. The van der Waals surface area contributed by atoms with Gasteiger partial charge in [0.05, 0.1) is 6.54 Å². The monoisotopic (exact) mass is 474 g/mol. The first kappa shape index (κ1) is 20.8. The van der Waals surface area contributed by atoms with Gasteiger partial charge in [-0.15, -0.1) is 24.0 Å². The maximum Gasteiger partial charge on any atom is 0.193 e. The average Bonchev–Trinajstić information content (AvgIpc) is 2.63. The smallest absolute Gasteiger partial charge is 0.193 e. The number of rotatable bonds is 4. The molecule has 2 aliphatic rings. The van der Waals surface area contributed by atoms with Crippen LogP contribution in [0.1, 0.15) is 37.7 Å². The molecule has 1 aromatic carbocycles. The van der Waals surface area contributed by atoms with E-state index in [1.54, 1.807) is 0 Å². The summed E-state index contributed by atoms with van der Waals surface area (Å²) >= 11 is 2.07. The van der Waals surface area contributed by atoms with Crippen LogP contribution in [-0.4, -0.2) is 47.5 Å². The molecule has 0 spiro atoms. The van der Waals surface area contributed by atoms with Crippen LogP contribution in [0.25, 0.3) is 0 Å². The van der Waals surface area contributed by atoms with E-state index in [-0.39, 0.29) is 29.5 Å². The Labute approximate surface area is 173 Å². The lowest BCUT2D eigenvalue weighted by Crippen LogP contribution is -2.55. The Morgan fingerprint density at radius 1 is 1.16 bits per heavy atom. The summed E-state index contributed by atoms with van der Waals surface area (Å²) in [5.74, 6) is 3.04. The Bertz CT molecular complexity index is 549. The lowest BCUT2D eigenvalue weighted by atomic mass is 9.80. The minimum absolute atomic E-state index is 0. The molecule has 1 heterocycles. The number of nitrogens with two attached hydrogens (primary N) is 1. The van der Waals surface area contributed by atoms with E-state index >= 15 is 0 Å². The highest BCUT2D eigenvalue weighted by atomic mass is 127. The van der Waals surface area contributed by atoms with Crippen molar-refractivity contribution in [3.63, 3.8) is 0 Å². The van der Waals surface area contributed by atoms with E-state index in [0.717, 1.165) is 12.2 Å². The van der Waals surface area contributed by atoms with Crippen LogP contribution in [0.4, 0.5) is 5.69 Å². The summed E-state index contributed by atoms with van der Waals surface area (Å²) in [5, 5.41) is 3.23. The number of hydrogen-bond acceptors (Lipinski definition) is 3.